The highest BCUT2D eigenvalue weighted by Gasteiger charge is 2.42. The van der Waals surface area contributed by atoms with E-state index in [9.17, 15) is 8.42 Å². The first-order valence-corrected chi connectivity index (χ1v) is 7.87. The van der Waals surface area contributed by atoms with Crippen LogP contribution in [0.25, 0.3) is 0 Å². The number of hydrogen-bond donors (Lipinski definition) is 0. The molecule has 1 aliphatic carbocycles. The first kappa shape index (κ1) is 14.5. The van der Waals surface area contributed by atoms with Gasteiger partial charge in [-0.15, -0.1) is 13.2 Å². The summed E-state index contributed by atoms with van der Waals surface area (Å²) in [7, 11) is -3.44. The lowest BCUT2D eigenvalue weighted by Crippen LogP contribution is -2.44. The topological polar surface area (TPSA) is 43.4 Å². The van der Waals surface area contributed by atoms with Crippen molar-refractivity contribution in [3.8, 4) is 0 Å². The summed E-state index contributed by atoms with van der Waals surface area (Å²) in [4.78, 5) is 0. The molecule has 17 heavy (non-hydrogen) atoms. The Kier molecular flexibility index (Phi) is 4.95. The molecule has 98 valence electrons. The van der Waals surface area contributed by atoms with Gasteiger partial charge in [0.15, 0.2) is 0 Å². The average molecular weight is 258 g/mol. The van der Waals surface area contributed by atoms with Gasteiger partial charge in [-0.2, -0.15) is 8.42 Å². The van der Waals surface area contributed by atoms with Crippen molar-refractivity contribution in [3.05, 3.63) is 25.3 Å². The molecule has 0 heterocycles. The third-order valence-electron chi connectivity index (χ3n) is 3.40. The highest BCUT2D eigenvalue weighted by atomic mass is 32.2. The molecular weight excluding hydrogens is 236 g/mol. The minimum Gasteiger partial charge on any atom is -0.263 e. The number of hydrogen-bond acceptors (Lipinski definition) is 3. The van der Waals surface area contributed by atoms with Crippen molar-refractivity contribution in [2.75, 3.05) is 6.26 Å². The summed E-state index contributed by atoms with van der Waals surface area (Å²) in [6, 6.07) is 0. The molecule has 4 heteroatoms. The normalized spacial score (nSPS) is 29.8. The van der Waals surface area contributed by atoms with E-state index in [1.165, 1.54) is 0 Å². The Balaban J connectivity index is 2.99. The molecule has 0 spiro atoms. The lowest BCUT2D eigenvalue weighted by Gasteiger charge is -2.42. The molecule has 0 aromatic rings. The standard InChI is InChI=1S/C13H22O3S/c1-4-8-12-9-6-7-11-13(12,10-5-2)16-17(3,14)15/h4-5,12H,1-2,6-11H2,3H3. The summed E-state index contributed by atoms with van der Waals surface area (Å²) in [5.74, 6) is 0.224. The zero-order valence-corrected chi connectivity index (χ0v) is 11.3. The molecule has 0 aliphatic heterocycles. The van der Waals surface area contributed by atoms with Crippen LogP contribution in [0.3, 0.4) is 0 Å². The summed E-state index contributed by atoms with van der Waals surface area (Å²) in [5.41, 5.74) is -0.595. The van der Waals surface area contributed by atoms with Crippen molar-refractivity contribution < 1.29 is 12.6 Å². The molecular formula is C13H22O3S. The predicted molar refractivity (Wildman–Crippen MR) is 70.2 cm³/mol. The van der Waals surface area contributed by atoms with Crippen LogP contribution in [0.4, 0.5) is 0 Å². The smallest absolute Gasteiger partial charge is 0.263 e. The van der Waals surface area contributed by atoms with Gasteiger partial charge in [0.2, 0.25) is 0 Å². The zero-order valence-electron chi connectivity index (χ0n) is 10.5. The molecule has 3 nitrogen and oxygen atoms in total. The Morgan fingerprint density at radius 3 is 2.59 bits per heavy atom. The third-order valence-corrected chi connectivity index (χ3v) is 4.04. The maximum Gasteiger partial charge on any atom is 0.264 e. The highest BCUT2D eigenvalue weighted by molar-refractivity contribution is 7.86. The Bertz CT molecular complexity index is 372. The van der Waals surface area contributed by atoms with Gasteiger partial charge in [0.25, 0.3) is 10.1 Å². The van der Waals surface area contributed by atoms with Gasteiger partial charge in [0.05, 0.1) is 11.9 Å². The van der Waals surface area contributed by atoms with Gasteiger partial charge in [-0.3, -0.25) is 4.18 Å². The first-order valence-electron chi connectivity index (χ1n) is 6.06. The van der Waals surface area contributed by atoms with Crippen LogP contribution in [0.2, 0.25) is 0 Å². The molecule has 1 aliphatic rings. The van der Waals surface area contributed by atoms with Crippen molar-refractivity contribution in [1.29, 1.82) is 0 Å². The van der Waals surface area contributed by atoms with E-state index in [-0.39, 0.29) is 5.92 Å². The van der Waals surface area contributed by atoms with Crippen LogP contribution in [0.15, 0.2) is 25.3 Å². The summed E-state index contributed by atoms with van der Waals surface area (Å²) >= 11 is 0. The van der Waals surface area contributed by atoms with E-state index in [0.717, 1.165) is 38.4 Å². The van der Waals surface area contributed by atoms with E-state index in [1.54, 1.807) is 6.08 Å². The molecule has 0 N–H and O–H groups in total. The van der Waals surface area contributed by atoms with Gasteiger partial charge < -0.3 is 0 Å². The molecule has 1 saturated carbocycles. The highest BCUT2D eigenvalue weighted by Crippen LogP contribution is 2.42. The van der Waals surface area contributed by atoms with Crippen LogP contribution in [-0.2, 0) is 14.3 Å². The SMILES string of the molecule is C=CCC1CCCCC1(CC=C)OS(C)(=O)=O. The molecule has 0 aromatic carbocycles. The second-order valence-electron chi connectivity index (χ2n) is 4.81. The minimum atomic E-state index is -3.44. The quantitative estimate of drug-likeness (QED) is 0.543. The summed E-state index contributed by atoms with van der Waals surface area (Å²) in [5, 5.41) is 0. The fourth-order valence-corrected chi connectivity index (χ4v) is 3.66. The number of rotatable bonds is 6. The lowest BCUT2D eigenvalue weighted by atomic mass is 9.72. The van der Waals surface area contributed by atoms with E-state index in [2.05, 4.69) is 13.2 Å². The largest absolute Gasteiger partial charge is 0.264 e. The average Bonchev–Trinajstić information content (AvgIpc) is 2.20. The van der Waals surface area contributed by atoms with Crippen molar-refractivity contribution in [2.45, 2.75) is 44.1 Å². The Labute approximate surface area is 105 Å². The van der Waals surface area contributed by atoms with E-state index < -0.39 is 15.7 Å². The van der Waals surface area contributed by atoms with Crippen molar-refractivity contribution in [3.63, 3.8) is 0 Å². The molecule has 0 bridgehead atoms. The monoisotopic (exact) mass is 258 g/mol. The molecule has 0 saturated heterocycles. The van der Waals surface area contributed by atoms with Crippen LogP contribution in [-0.4, -0.2) is 20.3 Å². The summed E-state index contributed by atoms with van der Waals surface area (Å²) < 4.78 is 28.3. The van der Waals surface area contributed by atoms with Gasteiger partial charge in [-0.05, 0) is 31.6 Å². The molecule has 1 fully saturated rings. The van der Waals surface area contributed by atoms with Crippen molar-refractivity contribution in [2.24, 2.45) is 5.92 Å². The summed E-state index contributed by atoms with van der Waals surface area (Å²) in [6.07, 6.45) is 10.0. The molecule has 2 atom stereocenters. The molecule has 0 amide bonds. The molecule has 0 radical (unpaired) electrons. The van der Waals surface area contributed by atoms with Gasteiger partial charge in [0, 0.05) is 0 Å². The van der Waals surface area contributed by atoms with E-state index >= 15 is 0 Å². The maximum atomic E-state index is 11.4. The van der Waals surface area contributed by atoms with E-state index in [0.29, 0.717) is 6.42 Å². The fourth-order valence-electron chi connectivity index (χ4n) is 2.77. The van der Waals surface area contributed by atoms with Crippen molar-refractivity contribution >= 4 is 10.1 Å². The van der Waals surface area contributed by atoms with Crippen LogP contribution in [0.1, 0.15) is 38.5 Å². The second-order valence-corrected chi connectivity index (χ2v) is 6.39. The molecule has 2 unspecified atom stereocenters. The van der Waals surface area contributed by atoms with Crippen LogP contribution < -0.4 is 0 Å². The van der Waals surface area contributed by atoms with Gasteiger partial charge in [-0.1, -0.05) is 25.0 Å². The lowest BCUT2D eigenvalue weighted by molar-refractivity contribution is -0.0139. The van der Waals surface area contributed by atoms with Gasteiger partial charge >= 0.3 is 0 Å². The predicted octanol–water partition coefficient (Wildman–Crippen LogP) is 3.04. The van der Waals surface area contributed by atoms with Crippen LogP contribution in [0, 0.1) is 5.92 Å². The van der Waals surface area contributed by atoms with E-state index in [4.69, 9.17) is 4.18 Å². The Morgan fingerprint density at radius 2 is 2.06 bits per heavy atom. The van der Waals surface area contributed by atoms with Gasteiger partial charge in [0.1, 0.15) is 0 Å². The van der Waals surface area contributed by atoms with E-state index in [1.807, 2.05) is 6.08 Å². The molecule has 0 aromatic heterocycles. The van der Waals surface area contributed by atoms with Crippen LogP contribution in [0.5, 0.6) is 0 Å². The Morgan fingerprint density at radius 1 is 1.35 bits per heavy atom. The summed E-state index contributed by atoms with van der Waals surface area (Å²) in [6.45, 7) is 7.47. The zero-order chi connectivity index (χ0) is 12.9. The first-order chi connectivity index (χ1) is 7.93. The minimum absolute atomic E-state index is 0.224. The molecule has 1 rings (SSSR count). The van der Waals surface area contributed by atoms with Crippen LogP contribution >= 0.6 is 0 Å². The Hall–Kier alpha value is -0.610. The second kappa shape index (κ2) is 5.83. The van der Waals surface area contributed by atoms with Crippen molar-refractivity contribution in [1.82, 2.24) is 0 Å². The maximum absolute atomic E-state index is 11.4. The number of allylic oxidation sites excluding steroid dienone is 1. The third kappa shape index (κ3) is 3.96. The fraction of sp³-hybridized carbons (Fsp3) is 0.692. The van der Waals surface area contributed by atoms with Gasteiger partial charge in [-0.25, -0.2) is 0 Å².